The minimum atomic E-state index is -0.784. The van der Waals surface area contributed by atoms with Crippen LogP contribution in [0, 0.1) is 11.6 Å². The van der Waals surface area contributed by atoms with E-state index >= 15 is 0 Å². The summed E-state index contributed by atoms with van der Waals surface area (Å²) >= 11 is 0. The lowest BCUT2D eigenvalue weighted by molar-refractivity contribution is 0.0763. The Labute approximate surface area is 104 Å². The van der Waals surface area contributed by atoms with Crippen molar-refractivity contribution in [1.82, 2.24) is 4.90 Å². The molecule has 0 heterocycles. The van der Waals surface area contributed by atoms with Crippen LogP contribution < -0.4 is 5.73 Å². The van der Waals surface area contributed by atoms with Gasteiger partial charge in [-0.25, -0.2) is 8.78 Å². The van der Waals surface area contributed by atoms with Gasteiger partial charge in [0.2, 0.25) is 0 Å². The van der Waals surface area contributed by atoms with Crippen LogP contribution in [-0.2, 0) is 4.74 Å². The SMILES string of the molecule is COCC(N)CN(C)C(=O)c1cc(F)cc(F)c1. The molecule has 1 rings (SSSR count). The highest BCUT2D eigenvalue weighted by Crippen LogP contribution is 2.10. The summed E-state index contributed by atoms with van der Waals surface area (Å²) in [7, 11) is 3.02. The fraction of sp³-hybridized carbons (Fsp3) is 0.417. The maximum Gasteiger partial charge on any atom is 0.253 e. The zero-order valence-corrected chi connectivity index (χ0v) is 10.3. The molecule has 0 bridgehead atoms. The number of methoxy groups -OCH3 is 1. The molecule has 0 spiro atoms. The quantitative estimate of drug-likeness (QED) is 0.857. The first-order valence-electron chi connectivity index (χ1n) is 5.40. The van der Waals surface area contributed by atoms with Gasteiger partial charge < -0.3 is 15.4 Å². The van der Waals surface area contributed by atoms with Gasteiger partial charge in [-0.1, -0.05) is 0 Å². The lowest BCUT2D eigenvalue weighted by Gasteiger charge is -2.21. The van der Waals surface area contributed by atoms with Crippen LogP contribution in [0.2, 0.25) is 0 Å². The van der Waals surface area contributed by atoms with Crippen molar-refractivity contribution >= 4 is 5.91 Å². The number of ether oxygens (including phenoxy) is 1. The van der Waals surface area contributed by atoms with Crippen molar-refractivity contribution in [3.05, 3.63) is 35.4 Å². The average molecular weight is 258 g/mol. The number of likely N-dealkylation sites (N-methyl/N-ethyl adjacent to an activating group) is 1. The Bertz CT molecular complexity index is 406. The van der Waals surface area contributed by atoms with E-state index in [1.165, 1.54) is 19.1 Å². The van der Waals surface area contributed by atoms with E-state index in [0.717, 1.165) is 12.1 Å². The number of halogens is 2. The Morgan fingerprint density at radius 3 is 2.44 bits per heavy atom. The molecule has 0 radical (unpaired) electrons. The van der Waals surface area contributed by atoms with Gasteiger partial charge in [0.1, 0.15) is 11.6 Å². The molecule has 0 aromatic heterocycles. The highest BCUT2D eigenvalue weighted by molar-refractivity contribution is 5.94. The van der Waals surface area contributed by atoms with Gasteiger partial charge in [-0.3, -0.25) is 4.79 Å². The third kappa shape index (κ3) is 4.05. The molecule has 0 aliphatic heterocycles. The second kappa shape index (κ2) is 6.42. The molecule has 0 saturated heterocycles. The average Bonchev–Trinajstić information content (AvgIpc) is 2.26. The van der Waals surface area contributed by atoms with Crippen molar-refractivity contribution in [2.45, 2.75) is 6.04 Å². The van der Waals surface area contributed by atoms with Gasteiger partial charge in [0.15, 0.2) is 0 Å². The Hall–Kier alpha value is -1.53. The summed E-state index contributed by atoms with van der Waals surface area (Å²) in [5.41, 5.74) is 5.65. The molecular weight excluding hydrogens is 242 g/mol. The highest BCUT2D eigenvalue weighted by Gasteiger charge is 2.16. The van der Waals surface area contributed by atoms with Gasteiger partial charge >= 0.3 is 0 Å². The lowest BCUT2D eigenvalue weighted by Crippen LogP contribution is -2.41. The number of carbonyl (C=O) groups excluding carboxylic acids is 1. The van der Waals surface area contributed by atoms with Crippen LogP contribution >= 0.6 is 0 Å². The maximum atomic E-state index is 13.0. The Balaban J connectivity index is 2.74. The molecule has 0 fully saturated rings. The van der Waals surface area contributed by atoms with E-state index in [-0.39, 0.29) is 18.2 Å². The molecule has 0 saturated carbocycles. The number of nitrogens with two attached hydrogens (primary N) is 1. The molecule has 1 amide bonds. The number of benzene rings is 1. The van der Waals surface area contributed by atoms with Crippen molar-refractivity contribution < 1.29 is 18.3 Å². The zero-order valence-electron chi connectivity index (χ0n) is 10.3. The molecule has 1 atom stereocenters. The second-order valence-corrected chi connectivity index (χ2v) is 4.06. The van der Waals surface area contributed by atoms with Crippen LogP contribution in [0.25, 0.3) is 0 Å². The summed E-state index contributed by atoms with van der Waals surface area (Å²) in [5.74, 6) is -2.05. The third-order valence-electron chi connectivity index (χ3n) is 2.35. The molecule has 2 N–H and O–H groups in total. The number of nitrogens with zero attached hydrogens (tertiary/aromatic N) is 1. The van der Waals surface area contributed by atoms with Gasteiger partial charge in [-0.15, -0.1) is 0 Å². The molecular formula is C12H16F2N2O2. The second-order valence-electron chi connectivity index (χ2n) is 4.06. The fourth-order valence-corrected chi connectivity index (χ4v) is 1.60. The molecule has 1 aromatic carbocycles. The van der Waals surface area contributed by atoms with Gasteiger partial charge in [0.25, 0.3) is 5.91 Å². The molecule has 1 unspecified atom stereocenters. The van der Waals surface area contributed by atoms with Crippen LogP contribution in [0.3, 0.4) is 0 Å². The zero-order chi connectivity index (χ0) is 13.7. The van der Waals surface area contributed by atoms with Gasteiger partial charge in [0, 0.05) is 38.4 Å². The number of hydrogen-bond donors (Lipinski definition) is 1. The Kier molecular flexibility index (Phi) is 5.18. The maximum absolute atomic E-state index is 13.0. The standard InChI is InChI=1S/C12H16F2N2O2/c1-16(6-11(15)7-18-2)12(17)8-3-9(13)5-10(14)4-8/h3-5,11H,6-7,15H2,1-2H3. The highest BCUT2D eigenvalue weighted by atomic mass is 19.1. The van der Waals surface area contributed by atoms with Crippen LogP contribution in [0.4, 0.5) is 8.78 Å². The van der Waals surface area contributed by atoms with Crippen LogP contribution in [0.15, 0.2) is 18.2 Å². The first-order valence-corrected chi connectivity index (χ1v) is 5.40. The van der Waals surface area contributed by atoms with E-state index in [0.29, 0.717) is 12.7 Å². The predicted molar refractivity (Wildman–Crippen MR) is 63.2 cm³/mol. The van der Waals surface area contributed by atoms with E-state index in [4.69, 9.17) is 10.5 Å². The van der Waals surface area contributed by atoms with Crippen LogP contribution in [-0.4, -0.2) is 44.2 Å². The van der Waals surface area contributed by atoms with E-state index in [9.17, 15) is 13.6 Å². The monoisotopic (exact) mass is 258 g/mol. The number of hydrogen-bond acceptors (Lipinski definition) is 3. The summed E-state index contributed by atoms with van der Waals surface area (Å²) in [6, 6.07) is 2.35. The number of amides is 1. The van der Waals surface area contributed by atoms with Crippen molar-refractivity contribution in [2.24, 2.45) is 5.73 Å². The van der Waals surface area contributed by atoms with Gasteiger partial charge in [-0.2, -0.15) is 0 Å². The third-order valence-corrected chi connectivity index (χ3v) is 2.35. The first kappa shape index (κ1) is 14.5. The molecule has 0 aliphatic carbocycles. The fourth-order valence-electron chi connectivity index (χ4n) is 1.60. The normalized spacial score (nSPS) is 12.3. The molecule has 1 aromatic rings. The lowest BCUT2D eigenvalue weighted by atomic mass is 10.2. The summed E-state index contributed by atoms with van der Waals surface area (Å²) in [6.45, 7) is 0.542. The van der Waals surface area contributed by atoms with E-state index in [1.54, 1.807) is 0 Å². The minimum absolute atomic E-state index is 0.0420. The Morgan fingerprint density at radius 2 is 1.94 bits per heavy atom. The molecule has 100 valence electrons. The van der Waals surface area contributed by atoms with Crippen LogP contribution in [0.1, 0.15) is 10.4 Å². The van der Waals surface area contributed by atoms with Crippen molar-refractivity contribution in [2.75, 3.05) is 27.3 Å². The first-order chi connectivity index (χ1) is 8.43. The summed E-state index contributed by atoms with van der Waals surface area (Å²) in [5, 5.41) is 0. The molecule has 4 nitrogen and oxygen atoms in total. The number of rotatable bonds is 5. The van der Waals surface area contributed by atoms with E-state index in [2.05, 4.69) is 0 Å². The van der Waals surface area contributed by atoms with E-state index < -0.39 is 17.5 Å². The summed E-state index contributed by atoms with van der Waals surface area (Å²) < 4.78 is 30.8. The minimum Gasteiger partial charge on any atom is -0.383 e. The van der Waals surface area contributed by atoms with Crippen molar-refractivity contribution in [3.8, 4) is 0 Å². The molecule has 6 heteroatoms. The van der Waals surface area contributed by atoms with Gasteiger partial charge in [0.05, 0.1) is 6.61 Å². The van der Waals surface area contributed by atoms with Gasteiger partial charge in [-0.05, 0) is 12.1 Å². The number of carbonyl (C=O) groups is 1. The van der Waals surface area contributed by atoms with E-state index in [1.807, 2.05) is 0 Å². The largest absolute Gasteiger partial charge is 0.383 e. The molecule has 18 heavy (non-hydrogen) atoms. The summed E-state index contributed by atoms with van der Waals surface area (Å²) in [4.78, 5) is 13.2. The smallest absolute Gasteiger partial charge is 0.253 e. The summed E-state index contributed by atoms with van der Waals surface area (Å²) in [6.07, 6.45) is 0. The Morgan fingerprint density at radius 1 is 1.39 bits per heavy atom. The predicted octanol–water partition coefficient (Wildman–Crippen LogP) is 1.01. The topological polar surface area (TPSA) is 55.6 Å². The van der Waals surface area contributed by atoms with Crippen molar-refractivity contribution in [3.63, 3.8) is 0 Å². The molecule has 0 aliphatic rings. The van der Waals surface area contributed by atoms with Crippen LogP contribution in [0.5, 0.6) is 0 Å². The van der Waals surface area contributed by atoms with Crippen molar-refractivity contribution in [1.29, 1.82) is 0 Å².